The van der Waals surface area contributed by atoms with E-state index >= 15 is 0 Å². The lowest BCUT2D eigenvalue weighted by atomic mass is 10.1. The average molecular weight is 395 g/mol. The van der Waals surface area contributed by atoms with Crippen LogP contribution in [0.15, 0.2) is 59.5 Å². The van der Waals surface area contributed by atoms with Crippen LogP contribution in [-0.2, 0) is 21.2 Å². The van der Waals surface area contributed by atoms with Crippen LogP contribution >= 0.6 is 11.6 Å². The molecule has 0 saturated heterocycles. The van der Waals surface area contributed by atoms with Crippen LogP contribution in [0.1, 0.15) is 18.9 Å². The standard InChI is InChI=1S/C19H23ClN2O3S/c1-2-13-22(26(24,25)18-10-6-9-17(20)14-18)15-19(23)21-12-11-16-7-4-3-5-8-16/h3-10,14H,2,11-13,15H2,1H3,(H,21,23). The number of hydrogen-bond donors (Lipinski definition) is 1. The molecule has 0 fully saturated rings. The Labute approximate surface area is 160 Å². The Morgan fingerprint density at radius 3 is 2.50 bits per heavy atom. The molecule has 2 aromatic carbocycles. The van der Waals surface area contributed by atoms with E-state index in [1.54, 1.807) is 12.1 Å². The smallest absolute Gasteiger partial charge is 0.243 e. The van der Waals surface area contributed by atoms with Crippen molar-refractivity contribution >= 4 is 27.5 Å². The minimum absolute atomic E-state index is 0.0931. The zero-order chi connectivity index (χ0) is 19.0. The molecule has 140 valence electrons. The first-order chi connectivity index (χ1) is 12.4. The van der Waals surface area contributed by atoms with Crippen LogP contribution in [0.5, 0.6) is 0 Å². The summed E-state index contributed by atoms with van der Waals surface area (Å²) in [4.78, 5) is 12.3. The predicted octanol–water partition coefficient (Wildman–Crippen LogP) is 3.10. The second-order valence-corrected chi connectivity index (χ2v) is 8.26. The first kappa shape index (κ1) is 20.4. The molecule has 2 aromatic rings. The summed E-state index contributed by atoms with van der Waals surface area (Å²) < 4.78 is 26.8. The number of hydrogen-bond acceptors (Lipinski definition) is 3. The van der Waals surface area contributed by atoms with Gasteiger partial charge in [0.1, 0.15) is 0 Å². The van der Waals surface area contributed by atoms with Crippen LogP contribution in [-0.4, -0.2) is 38.3 Å². The van der Waals surface area contributed by atoms with Crippen molar-refractivity contribution in [1.82, 2.24) is 9.62 Å². The van der Waals surface area contributed by atoms with E-state index in [1.165, 1.54) is 16.4 Å². The highest BCUT2D eigenvalue weighted by atomic mass is 35.5. The molecule has 0 radical (unpaired) electrons. The maximum atomic E-state index is 12.8. The maximum Gasteiger partial charge on any atom is 0.243 e. The summed E-state index contributed by atoms with van der Waals surface area (Å²) in [6, 6.07) is 15.9. The quantitative estimate of drug-likeness (QED) is 0.710. The van der Waals surface area contributed by atoms with Gasteiger partial charge in [-0.25, -0.2) is 8.42 Å². The van der Waals surface area contributed by atoms with Crippen molar-refractivity contribution in [2.45, 2.75) is 24.7 Å². The fraction of sp³-hybridized carbons (Fsp3) is 0.316. The number of carbonyl (C=O) groups is 1. The van der Waals surface area contributed by atoms with E-state index in [4.69, 9.17) is 11.6 Å². The third kappa shape index (κ3) is 5.83. The Morgan fingerprint density at radius 1 is 1.12 bits per heavy atom. The van der Waals surface area contributed by atoms with E-state index in [2.05, 4.69) is 5.32 Å². The number of carbonyl (C=O) groups excluding carboxylic acids is 1. The van der Waals surface area contributed by atoms with E-state index in [-0.39, 0.29) is 23.9 Å². The highest BCUT2D eigenvalue weighted by molar-refractivity contribution is 7.89. The molecule has 0 unspecified atom stereocenters. The van der Waals surface area contributed by atoms with E-state index < -0.39 is 10.0 Å². The van der Waals surface area contributed by atoms with Crippen molar-refractivity contribution in [2.24, 2.45) is 0 Å². The lowest BCUT2D eigenvalue weighted by molar-refractivity contribution is -0.121. The SMILES string of the molecule is CCCN(CC(=O)NCCc1ccccc1)S(=O)(=O)c1cccc(Cl)c1. The Bertz CT molecular complexity index is 826. The zero-order valence-corrected chi connectivity index (χ0v) is 16.3. The van der Waals surface area contributed by atoms with Crippen molar-refractivity contribution in [3.63, 3.8) is 0 Å². The van der Waals surface area contributed by atoms with Gasteiger partial charge < -0.3 is 5.32 Å². The van der Waals surface area contributed by atoms with Crippen LogP contribution in [0.25, 0.3) is 0 Å². The van der Waals surface area contributed by atoms with E-state index in [9.17, 15) is 13.2 Å². The third-order valence-corrected chi connectivity index (χ3v) is 5.88. The van der Waals surface area contributed by atoms with Crippen LogP contribution in [0.4, 0.5) is 0 Å². The summed E-state index contributed by atoms with van der Waals surface area (Å²) in [5, 5.41) is 3.13. The highest BCUT2D eigenvalue weighted by Crippen LogP contribution is 2.19. The fourth-order valence-electron chi connectivity index (χ4n) is 2.52. The predicted molar refractivity (Wildman–Crippen MR) is 104 cm³/mol. The van der Waals surface area contributed by atoms with Gasteiger partial charge in [0, 0.05) is 18.1 Å². The second kappa shape index (κ2) is 9.71. The number of benzene rings is 2. The Hall–Kier alpha value is -1.89. The lowest BCUT2D eigenvalue weighted by Gasteiger charge is -2.21. The van der Waals surface area contributed by atoms with Gasteiger partial charge in [-0.1, -0.05) is 54.9 Å². The molecule has 0 atom stereocenters. The maximum absolute atomic E-state index is 12.8. The van der Waals surface area contributed by atoms with Crippen molar-refractivity contribution in [3.8, 4) is 0 Å². The zero-order valence-electron chi connectivity index (χ0n) is 14.7. The first-order valence-corrected chi connectivity index (χ1v) is 10.3. The largest absolute Gasteiger partial charge is 0.355 e. The molecule has 0 aliphatic carbocycles. The Kier molecular flexibility index (Phi) is 7.63. The van der Waals surface area contributed by atoms with Crippen molar-refractivity contribution in [3.05, 3.63) is 65.2 Å². The number of nitrogens with zero attached hydrogens (tertiary/aromatic N) is 1. The average Bonchev–Trinajstić information content (AvgIpc) is 2.62. The summed E-state index contributed by atoms with van der Waals surface area (Å²) in [5.41, 5.74) is 1.12. The minimum atomic E-state index is -3.77. The van der Waals surface area contributed by atoms with Crippen LogP contribution < -0.4 is 5.32 Å². The summed E-state index contributed by atoms with van der Waals surface area (Å²) in [7, 11) is -3.77. The van der Waals surface area contributed by atoms with Crippen molar-refractivity contribution in [2.75, 3.05) is 19.6 Å². The molecule has 0 aliphatic rings. The normalized spacial score (nSPS) is 11.5. The van der Waals surface area contributed by atoms with E-state index in [1.807, 2.05) is 37.3 Å². The van der Waals surface area contributed by atoms with Gasteiger partial charge in [-0.15, -0.1) is 0 Å². The molecule has 26 heavy (non-hydrogen) atoms. The van der Waals surface area contributed by atoms with Gasteiger partial charge in [-0.05, 0) is 36.6 Å². The van der Waals surface area contributed by atoms with Crippen LogP contribution in [0.2, 0.25) is 5.02 Å². The molecule has 0 aromatic heterocycles. The van der Waals surface area contributed by atoms with Crippen molar-refractivity contribution in [1.29, 1.82) is 0 Å². The molecule has 0 heterocycles. The van der Waals surface area contributed by atoms with Gasteiger partial charge in [0.2, 0.25) is 15.9 Å². The molecule has 5 nitrogen and oxygen atoms in total. The van der Waals surface area contributed by atoms with Gasteiger partial charge in [-0.2, -0.15) is 4.31 Å². The molecule has 1 amide bonds. The van der Waals surface area contributed by atoms with Gasteiger partial charge >= 0.3 is 0 Å². The molecule has 2 rings (SSSR count). The topological polar surface area (TPSA) is 66.5 Å². The molecular formula is C19H23ClN2O3S. The second-order valence-electron chi connectivity index (χ2n) is 5.88. The number of rotatable bonds is 9. The van der Waals surface area contributed by atoms with Crippen LogP contribution in [0, 0.1) is 0 Å². The monoisotopic (exact) mass is 394 g/mol. The first-order valence-electron chi connectivity index (χ1n) is 8.50. The van der Waals surface area contributed by atoms with E-state index in [0.717, 1.165) is 5.56 Å². The highest BCUT2D eigenvalue weighted by Gasteiger charge is 2.26. The molecule has 0 spiro atoms. The van der Waals surface area contributed by atoms with Crippen LogP contribution in [0.3, 0.4) is 0 Å². The Morgan fingerprint density at radius 2 is 1.85 bits per heavy atom. The minimum Gasteiger partial charge on any atom is -0.355 e. The molecule has 0 bridgehead atoms. The number of halogens is 1. The molecule has 7 heteroatoms. The number of sulfonamides is 1. The van der Waals surface area contributed by atoms with Gasteiger partial charge in [0.05, 0.1) is 11.4 Å². The number of nitrogens with one attached hydrogen (secondary N) is 1. The lowest BCUT2D eigenvalue weighted by Crippen LogP contribution is -2.41. The molecule has 1 N–H and O–H groups in total. The molecule has 0 aliphatic heterocycles. The van der Waals surface area contributed by atoms with Crippen molar-refractivity contribution < 1.29 is 13.2 Å². The fourth-order valence-corrected chi connectivity index (χ4v) is 4.31. The van der Waals surface area contributed by atoms with E-state index in [0.29, 0.717) is 24.4 Å². The summed E-state index contributed by atoms with van der Waals surface area (Å²) in [5.74, 6) is -0.319. The molecular weight excluding hydrogens is 372 g/mol. The number of amides is 1. The Balaban J connectivity index is 1.99. The van der Waals surface area contributed by atoms with Gasteiger partial charge in [0.15, 0.2) is 0 Å². The summed E-state index contributed by atoms with van der Waals surface area (Å²) in [6.07, 6.45) is 1.30. The van der Waals surface area contributed by atoms with Gasteiger partial charge in [-0.3, -0.25) is 4.79 Å². The molecule has 0 saturated carbocycles. The summed E-state index contributed by atoms with van der Waals surface area (Å²) >= 11 is 5.90. The summed E-state index contributed by atoms with van der Waals surface area (Å²) in [6.45, 7) is 2.38. The van der Waals surface area contributed by atoms with Gasteiger partial charge in [0.25, 0.3) is 0 Å². The third-order valence-electron chi connectivity index (χ3n) is 3.81.